The number of halogens is 1. The Balaban J connectivity index is 2.41. The van der Waals surface area contributed by atoms with Gasteiger partial charge in [0.2, 0.25) is 0 Å². The van der Waals surface area contributed by atoms with Crippen molar-refractivity contribution in [2.45, 2.75) is 6.92 Å². The molecule has 0 aliphatic heterocycles. The van der Waals surface area contributed by atoms with Crippen LogP contribution in [0.4, 0.5) is 10.6 Å². The number of hydrogen-bond donors (Lipinski definition) is 2. The van der Waals surface area contributed by atoms with Crippen LogP contribution < -0.4 is 10.9 Å². The molecule has 0 unspecified atom stereocenters. The minimum atomic E-state index is -0.561. The number of aromatic nitrogens is 1. The van der Waals surface area contributed by atoms with E-state index in [4.69, 9.17) is 11.6 Å². The second-order valence-corrected chi connectivity index (χ2v) is 2.70. The average molecular weight is 216 g/mol. The standard InChI is InChI=1S/C8H10ClN3O2/c1-2-14-8(13)12-11-7-5-3-4-6(9)10-7/h3-5H,2H2,1H3,(H,10,11)(H,12,13). The van der Waals surface area contributed by atoms with Crippen LogP contribution in [0.5, 0.6) is 0 Å². The van der Waals surface area contributed by atoms with Crippen LogP contribution in [0, 0.1) is 0 Å². The van der Waals surface area contributed by atoms with Crippen molar-refractivity contribution in [2.24, 2.45) is 0 Å². The number of carbonyl (C=O) groups excluding carboxylic acids is 1. The van der Waals surface area contributed by atoms with Crippen LogP contribution in [0.25, 0.3) is 0 Å². The summed E-state index contributed by atoms with van der Waals surface area (Å²) in [4.78, 5) is 14.7. The van der Waals surface area contributed by atoms with Crippen molar-refractivity contribution >= 4 is 23.5 Å². The van der Waals surface area contributed by atoms with E-state index in [0.717, 1.165) is 0 Å². The lowest BCUT2D eigenvalue weighted by Gasteiger charge is -2.06. The van der Waals surface area contributed by atoms with Crippen LogP contribution in [0.3, 0.4) is 0 Å². The number of hydrazine groups is 1. The van der Waals surface area contributed by atoms with Crippen molar-refractivity contribution in [1.29, 1.82) is 0 Å². The summed E-state index contributed by atoms with van der Waals surface area (Å²) in [6.07, 6.45) is -0.561. The molecule has 0 atom stereocenters. The van der Waals surface area contributed by atoms with Crippen molar-refractivity contribution in [3.05, 3.63) is 23.4 Å². The highest BCUT2D eigenvalue weighted by molar-refractivity contribution is 6.29. The van der Waals surface area contributed by atoms with Gasteiger partial charge in [-0.1, -0.05) is 17.7 Å². The highest BCUT2D eigenvalue weighted by Crippen LogP contribution is 2.07. The quantitative estimate of drug-likeness (QED) is 0.596. The molecule has 14 heavy (non-hydrogen) atoms. The number of ether oxygens (including phenoxy) is 1. The number of pyridine rings is 1. The molecule has 0 bridgehead atoms. The van der Waals surface area contributed by atoms with Gasteiger partial charge in [-0.2, -0.15) is 0 Å². The Morgan fingerprint density at radius 2 is 2.43 bits per heavy atom. The van der Waals surface area contributed by atoms with E-state index in [-0.39, 0.29) is 0 Å². The molecule has 0 aromatic carbocycles. The summed E-state index contributed by atoms with van der Waals surface area (Å²) in [7, 11) is 0. The molecule has 1 aromatic rings. The minimum absolute atomic E-state index is 0.316. The topological polar surface area (TPSA) is 63.2 Å². The lowest BCUT2D eigenvalue weighted by atomic mass is 10.5. The van der Waals surface area contributed by atoms with E-state index in [2.05, 4.69) is 20.6 Å². The number of amides is 1. The zero-order valence-corrected chi connectivity index (χ0v) is 8.34. The third-order valence-electron chi connectivity index (χ3n) is 1.28. The van der Waals surface area contributed by atoms with Gasteiger partial charge >= 0.3 is 6.09 Å². The summed E-state index contributed by atoms with van der Waals surface area (Å²) >= 11 is 5.63. The molecular weight excluding hydrogens is 206 g/mol. The van der Waals surface area contributed by atoms with Gasteiger partial charge in [0.05, 0.1) is 6.61 Å². The Labute approximate surface area is 86.4 Å². The molecule has 0 spiro atoms. The molecule has 0 aliphatic rings. The van der Waals surface area contributed by atoms with Gasteiger partial charge in [-0.3, -0.25) is 5.43 Å². The summed E-state index contributed by atoms with van der Waals surface area (Å²) in [5, 5.41) is 0.348. The van der Waals surface area contributed by atoms with Gasteiger partial charge in [0.15, 0.2) is 0 Å². The molecular formula is C8H10ClN3O2. The van der Waals surface area contributed by atoms with Crippen molar-refractivity contribution in [2.75, 3.05) is 12.0 Å². The number of hydrogen-bond acceptors (Lipinski definition) is 4. The van der Waals surface area contributed by atoms with Crippen LogP contribution in [0.15, 0.2) is 18.2 Å². The number of nitrogens with zero attached hydrogens (tertiary/aromatic N) is 1. The van der Waals surface area contributed by atoms with Gasteiger partial charge in [-0.05, 0) is 19.1 Å². The lowest BCUT2D eigenvalue weighted by molar-refractivity contribution is 0.154. The normalized spacial score (nSPS) is 9.29. The van der Waals surface area contributed by atoms with Crippen LogP contribution in [-0.4, -0.2) is 17.7 Å². The monoisotopic (exact) mass is 215 g/mol. The maximum absolute atomic E-state index is 10.8. The smallest absolute Gasteiger partial charge is 0.425 e. The summed E-state index contributed by atoms with van der Waals surface area (Å²) < 4.78 is 4.62. The van der Waals surface area contributed by atoms with Gasteiger partial charge in [0, 0.05) is 0 Å². The third-order valence-corrected chi connectivity index (χ3v) is 1.49. The van der Waals surface area contributed by atoms with E-state index in [9.17, 15) is 4.79 Å². The summed E-state index contributed by atoms with van der Waals surface area (Å²) in [5.41, 5.74) is 4.84. The van der Waals surface area contributed by atoms with Crippen LogP contribution >= 0.6 is 11.6 Å². The average Bonchev–Trinajstić information content (AvgIpc) is 2.15. The highest BCUT2D eigenvalue weighted by atomic mass is 35.5. The Bertz CT molecular complexity index is 319. The molecule has 1 amide bonds. The molecule has 0 saturated carbocycles. The van der Waals surface area contributed by atoms with E-state index in [1.165, 1.54) is 0 Å². The van der Waals surface area contributed by atoms with Gasteiger partial charge in [0.25, 0.3) is 0 Å². The summed E-state index contributed by atoms with van der Waals surface area (Å²) in [5.74, 6) is 0.450. The number of anilines is 1. The zero-order chi connectivity index (χ0) is 10.4. The number of rotatable bonds is 3. The predicted octanol–water partition coefficient (Wildman–Crippen LogP) is 1.81. The van der Waals surface area contributed by atoms with Gasteiger partial charge in [-0.25, -0.2) is 15.2 Å². The Kier molecular flexibility index (Phi) is 4.00. The first-order valence-corrected chi connectivity index (χ1v) is 4.41. The molecule has 6 heteroatoms. The number of carbonyl (C=O) groups is 1. The molecule has 5 nitrogen and oxygen atoms in total. The second-order valence-electron chi connectivity index (χ2n) is 2.32. The molecule has 1 aromatic heterocycles. The Morgan fingerprint density at radius 1 is 1.64 bits per heavy atom. The van der Waals surface area contributed by atoms with Crippen molar-refractivity contribution in [1.82, 2.24) is 10.4 Å². The molecule has 1 rings (SSSR count). The fraction of sp³-hybridized carbons (Fsp3) is 0.250. The first-order valence-electron chi connectivity index (χ1n) is 4.03. The second kappa shape index (κ2) is 5.29. The van der Waals surface area contributed by atoms with Crippen LogP contribution in [0.2, 0.25) is 5.15 Å². The zero-order valence-electron chi connectivity index (χ0n) is 7.58. The molecule has 0 fully saturated rings. The molecule has 76 valence electrons. The van der Waals surface area contributed by atoms with E-state index in [0.29, 0.717) is 17.6 Å². The molecule has 2 N–H and O–H groups in total. The van der Waals surface area contributed by atoms with E-state index in [1.54, 1.807) is 25.1 Å². The van der Waals surface area contributed by atoms with Gasteiger partial charge in [-0.15, -0.1) is 0 Å². The van der Waals surface area contributed by atoms with Crippen molar-refractivity contribution in [3.8, 4) is 0 Å². The number of nitrogens with one attached hydrogen (secondary N) is 2. The summed E-state index contributed by atoms with van der Waals surface area (Å²) in [6.45, 7) is 2.04. The Morgan fingerprint density at radius 3 is 3.07 bits per heavy atom. The third kappa shape index (κ3) is 3.49. The summed E-state index contributed by atoms with van der Waals surface area (Å²) in [6, 6.07) is 5.01. The predicted molar refractivity (Wildman–Crippen MR) is 53.0 cm³/mol. The fourth-order valence-electron chi connectivity index (χ4n) is 0.760. The molecule has 1 heterocycles. The van der Waals surface area contributed by atoms with Crippen molar-refractivity contribution < 1.29 is 9.53 Å². The molecule has 0 radical (unpaired) electrons. The fourth-order valence-corrected chi connectivity index (χ4v) is 0.924. The van der Waals surface area contributed by atoms with Crippen LogP contribution in [-0.2, 0) is 4.74 Å². The van der Waals surface area contributed by atoms with Gasteiger partial charge < -0.3 is 4.74 Å². The minimum Gasteiger partial charge on any atom is -0.449 e. The van der Waals surface area contributed by atoms with E-state index in [1.807, 2.05) is 0 Å². The maximum atomic E-state index is 10.8. The lowest BCUT2D eigenvalue weighted by Crippen LogP contribution is -2.30. The van der Waals surface area contributed by atoms with E-state index >= 15 is 0 Å². The molecule has 0 aliphatic carbocycles. The first-order chi connectivity index (χ1) is 6.72. The van der Waals surface area contributed by atoms with E-state index < -0.39 is 6.09 Å². The highest BCUT2D eigenvalue weighted by Gasteiger charge is 1.99. The van der Waals surface area contributed by atoms with Gasteiger partial charge in [0.1, 0.15) is 11.0 Å². The molecule has 0 saturated heterocycles. The SMILES string of the molecule is CCOC(=O)NNc1cccc(Cl)n1. The maximum Gasteiger partial charge on any atom is 0.425 e. The largest absolute Gasteiger partial charge is 0.449 e. The van der Waals surface area contributed by atoms with Crippen molar-refractivity contribution in [3.63, 3.8) is 0 Å². The Hall–Kier alpha value is -1.49. The van der Waals surface area contributed by atoms with Crippen LogP contribution in [0.1, 0.15) is 6.92 Å². The first kappa shape index (κ1) is 10.6.